The third-order valence-corrected chi connectivity index (χ3v) is 6.08. The van der Waals surface area contributed by atoms with Gasteiger partial charge in [-0.2, -0.15) is 13.2 Å². The van der Waals surface area contributed by atoms with E-state index in [1.165, 1.54) is 30.3 Å². The highest BCUT2D eigenvalue weighted by atomic mass is 79.9. The van der Waals surface area contributed by atoms with E-state index in [1.807, 2.05) is 0 Å². The van der Waals surface area contributed by atoms with Crippen LogP contribution in [0.25, 0.3) is 0 Å². The minimum Gasteiger partial charge on any atom is -0.448 e. The first-order valence-electron chi connectivity index (χ1n) is 8.50. The molecule has 1 N–H and O–H groups in total. The summed E-state index contributed by atoms with van der Waals surface area (Å²) in [7, 11) is -4.10. The van der Waals surface area contributed by atoms with Crippen LogP contribution in [0, 0.1) is 18.6 Å². The third-order valence-electron chi connectivity index (χ3n) is 4.07. The fourth-order valence-electron chi connectivity index (χ4n) is 2.54. The Morgan fingerprint density at radius 3 is 2.06 bits per heavy atom. The van der Waals surface area contributed by atoms with Crippen LogP contribution >= 0.6 is 15.9 Å². The molecule has 0 fully saturated rings. The van der Waals surface area contributed by atoms with Crippen LogP contribution in [0.4, 0.5) is 27.6 Å². The quantitative estimate of drug-likeness (QED) is 0.382. The fraction of sp³-hybridized carbons (Fsp3) is 0.100. The van der Waals surface area contributed by atoms with Crippen LogP contribution < -0.4 is 9.46 Å². The molecule has 3 aromatic carbocycles. The van der Waals surface area contributed by atoms with Crippen molar-refractivity contribution in [1.29, 1.82) is 0 Å². The second-order valence-electron chi connectivity index (χ2n) is 6.40. The van der Waals surface area contributed by atoms with Gasteiger partial charge < -0.3 is 4.74 Å². The lowest BCUT2D eigenvalue weighted by atomic mass is 10.2. The van der Waals surface area contributed by atoms with Crippen LogP contribution in [0.2, 0.25) is 0 Å². The Morgan fingerprint density at radius 2 is 1.52 bits per heavy atom. The molecule has 0 atom stereocenters. The Morgan fingerprint density at radius 1 is 0.935 bits per heavy atom. The normalized spacial score (nSPS) is 12.0. The molecule has 0 unspecified atom stereocenters. The molecule has 0 heterocycles. The van der Waals surface area contributed by atoms with E-state index in [0.29, 0.717) is 0 Å². The highest BCUT2D eigenvalue weighted by molar-refractivity contribution is 9.10. The van der Waals surface area contributed by atoms with E-state index in [0.717, 1.165) is 5.56 Å². The summed E-state index contributed by atoms with van der Waals surface area (Å²) in [6, 6.07) is 10.2. The molecule has 0 spiro atoms. The van der Waals surface area contributed by atoms with Gasteiger partial charge in [0, 0.05) is 0 Å². The molecule has 0 saturated carbocycles. The minimum absolute atomic E-state index is 0.0732. The van der Waals surface area contributed by atoms with Gasteiger partial charge in [0.15, 0.2) is 23.1 Å². The number of benzene rings is 3. The van der Waals surface area contributed by atoms with Crippen molar-refractivity contribution in [3.63, 3.8) is 0 Å². The first-order valence-corrected chi connectivity index (χ1v) is 10.8. The van der Waals surface area contributed by atoms with Crippen LogP contribution in [-0.2, 0) is 16.2 Å². The van der Waals surface area contributed by atoms with E-state index in [1.54, 1.807) is 19.1 Å². The van der Waals surface area contributed by atoms with Crippen molar-refractivity contribution in [3.8, 4) is 11.5 Å². The van der Waals surface area contributed by atoms with Gasteiger partial charge in [-0.05, 0) is 59.3 Å². The standard InChI is InChI=1S/C20H13BrF5NO3S/c1-11-5-7-13(8-6-11)31(28,29)27-17-4-2-3-14(21)18(17)30-19-15(22)9-12(10-16(19)23)20(24,25)26/h2-10,27H,1H3. The van der Waals surface area contributed by atoms with Gasteiger partial charge in [-0.1, -0.05) is 23.8 Å². The van der Waals surface area contributed by atoms with Gasteiger partial charge in [-0.3, -0.25) is 4.72 Å². The second-order valence-corrected chi connectivity index (χ2v) is 8.94. The number of sulfonamides is 1. The Hall–Kier alpha value is -2.66. The largest absolute Gasteiger partial charge is 0.448 e. The maximum Gasteiger partial charge on any atom is 0.416 e. The molecule has 164 valence electrons. The molecule has 3 rings (SSSR count). The van der Waals surface area contributed by atoms with Gasteiger partial charge in [0.1, 0.15) is 0 Å². The smallest absolute Gasteiger partial charge is 0.416 e. The van der Waals surface area contributed by atoms with Crippen LogP contribution in [-0.4, -0.2) is 8.42 Å². The molecular weight excluding hydrogens is 509 g/mol. The van der Waals surface area contributed by atoms with E-state index in [4.69, 9.17) is 4.74 Å². The van der Waals surface area contributed by atoms with E-state index in [9.17, 15) is 30.4 Å². The molecule has 0 bridgehead atoms. The topological polar surface area (TPSA) is 55.4 Å². The van der Waals surface area contributed by atoms with Gasteiger partial charge in [0.2, 0.25) is 0 Å². The summed E-state index contributed by atoms with van der Waals surface area (Å²) in [5.74, 6) is -4.66. The monoisotopic (exact) mass is 521 g/mol. The van der Waals surface area contributed by atoms with Gasteiger partial charge in [-0.15, -0.1) is 0 Å². The molecule has 0 radical (unpaired) electrons. The predicted molar refractivity (Wildman–Crippen MR) is 108 cm³/mol. The van der Waals surface area contributed by atoms with E-state index in [-0.39, 0.29) is 32.9 Å². The Bertz CT molecular complexity index is 1210. The van der Waals surface area contributed by atoms with Crippen molar-refractivity contribution >= 4 is 31.6 Å². The number of ether oxygens (including phenoxy) is 1. The zero-order valence-electron chi connectivity index (χ0n) is 15.6. The molecule has 4 nitrogen and oxygen atoms in total. The maximum absolute atomic E-state index is 14.2. The maximum atomic E-state index is 14.2. The predicted octanol–water partition coefficient (Wildman–Crippen LogP) is 6.65. The average molecular weight is 522 g/mol. The number of nitrogens with one attached hydrogen (secondary N) is 1. The van der Waals surface area contributed by atoms with Crippen molar-refractivity contribution in [2.24, 2.45) is 0 Å². The van der Waals surface area contributed by atoms with Crippen molar-refractivity contribution in [2.75, 3.05) is 4.72 Å². The summed E-state index contributed by atoms with van der Waals surface area (Å²) in [4.78, 5) is -0.0732. The molecule has 0 amide bonds. The van der Waals surface area contributed by atoms with Crippen LogP contribution in [0.15, 0.2) is 64.0 Å². The molecule has 31 heavy (non-hydrogen) atoms. The Labute approximate surface area is 182 Å². The zero-order chi connectivity index (χ0) is 23.0. The van der Waals surface area contributed by atoms with Crippen LogP contribution in [0.5, 0.6) is 11.5 Å². The SMILES string of the molecule is Cc1ccc(S(=O)(=O)Nc2cccc(Br)c2Oc2c(F)cc(C(F)(F)F)cc2F)cc1. The molecule has 3 aromatic rings. The molecule has 11 heteroatoms. The fourth-order valence-corrected chi connectivity index (χ4v) is 4.05. The minimum atomic E-state index is -4.96. The number of alkyl halides is 3. The Kier molecular flexibility index (Phi) is 6.28. The van der Waals surface area contributed by atoms with Crippen molar-refractivity contribution in [3.05, 3.63) is 81.8 Å². The zero-order valence-corrected chi connectivity index (χ0v) is 18.0. The summed E-state index contributed by atoms with van der Waals surface area (Å²) in [5.41, 5.74) is -0.880. The van der Waals surface area contributed by atoms with E-state index >= 15 is 0 Å². The highest BCUT2D eigenvalue weighted by Crippen LogP contribution is 2.41. The third kappa shape index (κ3) is 5.16. The highest BCUT2D eigenvalue weighted by Gasteiger charge is 2.33. The Balaban J connectivity index is 2.00. The number of aryl methyl sites for hydroxylation is 1. The number of anilines is 1. The van der Waals surface area contributed by atoms with E-state index in [2.05, 4.69) is 20.7 Å². The summed E-state index contributed by atoms with van der Waals surface area (Å²) < 4.78 is 99.5. The van der Waals surface area contributed by atoms with E-state index < -0.39 is 39.1 Å². The number of halogens is 6. The molecule has 0 aliphatic rings. The number of hydrogen-bond donors (Lipinski definition) is 1. The number of rotatable bonds is 5. The first-order chi connectivity index (χ1) is 14.4. The summed E-state index contributed by atoms with van der Waals surface area (Å²) >= 11 is 3.09. The lowest BCUT2D eigenvalue weighted by Gasteiger charge is -2.16. The molecule has 0 saturated heterocycles. The summed E-state index contributed by atoms with van der Waals surface area (Å²) in [6.45, 7) is 1.78. The van der Waals surface area contributed by atoms with Crippen LogP contribution in [0.1, 0.15) is 11.1 Å². The molecule has 0 aliphatic heterocycles. The molecular formula is C20H13BrF5NO3S. The molecule has 0 aromatic heterocycles. The lowest BCUT2D eigenvalue weighted by molar-refractivity contribution is -0.138. The van der Waals surface area contributed by atoms with Gasteiger partial charge in [0.25, 0.3) is 10.0 Å². The van der Waals surface area contributed by atoms with Crippen LogP contribution in [0.3, 0.4) is 0 Å². The number of hydrogen-bond acceptors (Lipinski definition) is 3. The van der Waals surface area contributed by atoms with Gasteiger partial charge >= 0.3 is 6.18 Å². The van der Waals surface area contributed by atoms with Crippen molar-refractivity contribution in [2.45, 2.75) is 18.0 Å². The summed E-state index contributed by atoms with van der Waals surface area (Å²) in [5, 5.41) is 0. The van der Waals surface area contributed by atoms with Crippen molar-refractivity contribution in [1.82, 2.24) is 0 Å². The second kappa shape index (κ2) is 8.46. The lowest BCUT2D eigenvalue weighted by Crippen LogP contribution is -2.14. The number of para-hydroxylation sites is 1. The molecule has 0 aliphatic carbocycles. The van der Waals surface area contributed by atoms with Gasteiger partial charge in [0.05, 0.1) is 20.6 Å². The van der Waals surface area contributed by atoms with Gasteiger partial charge in [-0.25, -0.2) is 17.2 Å². The average Bonchev–Trinajstić information content (AvgIpc) is 2.65. The first kappa shape index (κ1) is 23.0. The van der Waals surface area contributed by atoms with Crippen molar-refractivity contribution < 1.29 is 35.1 Å². The summed E-state index contributed by atoms with van der Waals surface area (Å²) in [6.07, 6.45) is -4.96.